The molecule has 1 saturated carbocycles. The monoisotopic (exact) mass is 272 g/mol. The Morgan fingerprint density at radius 1 is 1.05 bits per heavy atom. The van der Waals surface area contributed by atoms with Crippen LogP contribution in [0.3, 0.4) is 0 Å². The summed E-state index contributed by atoms with van der Waals surface area (Å²) in [5.74, 6) is -0.495. The lowest BCUT2D eigenvalue weighted by molar-refractivity contribution is -0.127. The van der Waals surface area contributed by atoms with Crippen molar-refractivity contribution in [2.24, 2.45) is 5.41 Å². The van der Waals surface area contributed by atoms with Gasteiger partial charge in [0.05, 0.1) is 5.57 Å². The minimum atomic E-state index is -0.291. The van der Waals surface area contributed by atoms with Crippen LogP contribution in [0.25, 0.3) is 6.08 Å². The summed E-state index contributed by atoms with van der Waals surface area (Å²) in [6.07, 6.45) is 5.76. The van der Waals surface area contributed by atoms with E-state index in [9.17, 15) is 14.0 Å². The van der Waals surface area contributed by atoms with Crippen LogP contribution in [0.2, 0.25) is 0 Å². The molecule has 1 aliphatic rings. The highest BCUT2D eigenvalue weighted by atomic mass is 19.1. The lowest BCUT2D eigenvalue weighted by Crippen LogP contribution is -2.31. The van der Waals surface area contributed by atoms with Gasteiger partial charge in [0.15, 0.2) is 11.6 Å². The third kappa shape index (κ3) is 3.50. The predicted octanol–water partition coefficient (Wildman–Crippen LogP) is 3.72. The molecule has 1 aromatic rings. The molecule has 1 aromatic carbocycles. The number of carbonyl (C=O) groups is 2. The van der Waals surface area contributed by atoms with E-state index in [1.807, 2.05) is 13.8 Å². The van der Waals surface area contributed by atoms with Gasteiger partial charge >= 0.3 is 0 Å². The summed E-state index contributed by atoms with van der Waals surface area (Å²) < 4.78 is 12.7. The highest BCUT2D eigenvalue weighted by Gasteiger charge is 2.34. The van der Waals surface area contributed by atoms with Gasteiger partial charge in [0, 0.05) is 12.8 Å². The zero-order valence-corrected chi connectivity index (χ0v) is 11.7. The van der Waals surface area contributed by atoms with Crippen LogP contribution < -0.4 is 0 Å². The second-order valence-corrected chi connectivity index (χ2v) is 5.86. The molecule has 1 aliphatic carbocycles. The van der Waals surface area contributed by atoms with E-state index in [4.69, 9.17) is 0 Å². The van der Waals surface area contributed by atoms with Crippen molar-refractivity contribution in [3.63, 3.8) is 0 Å². The number of hydrogen-bond donors (Lipinski definition) is 0. The van der Waals surface area contributed by atoms with Crippen molar-refractivity contribution in [3.05, 3.63) is 53.4 Å². The molecule has 0 heterocycles. The summed E-state index contributed by atoms with van der Waals surface area (Å²) in [6.45, 7) is 3.85. The average Bonchev–Trinajstić information content (AvgIpc) is 2.33. The molecular formula is C17H17FO2. The Morgan fingerprint density at radius 3 is 2.15 bits per heavy atom. The van der Waals surface area contributed by atoms with Crippen LogP contribution in [-0.2, 0) is 9.59 Å². The Morgan fingerprint density at radius 2 is 1.60 bits per heavy atom. The van der Waals surface area contributed by atoms with Gasteiger partial charge in [-0.25, -0.2) is 4.39 Å². The van der Waals surface area contributed by atoms with Crippen molar-refractivity contribution in [1.82, 2.24) is 0 Å². The van der Waals surface area contributed by atoms with Crippen LogP contribution in [0.15, 0.2) is 42.0 Å². The van der Waals surface area contributed by atoms with Crippen molar-refractivity contribution >= 4 is 17.6 Å². The van der Waals surface area contributed by atoms with Crippen molar-refractivity contribution in [2.75, 3.05) is 0 Å². The van der Waals surface area contributed by atoms with E-state index >= 15 is 0 Å². The molecule has 20 heavy (non-hydrogen) atoms. The van der Waals surface area contributed by atoms with Gasteiger partial charge in [0.1, 0.15) is 5.82 Å². The van der Waals surface area contributed by atoms with Gasteiger partial charge in [-0.1, -0.05) is 38.1 Å². The van der Waals surface area contributed by atoms with E-state index in [0.29, 0.717) is 12.8 Å². The van der Waals surface area contributed by atoms with Crippen LogP contribution in [-0.4, -0.2) is 11.6 Å². The molecule has 2 rings (SSSR count). The number of carbonyl (C=O) groups excluding carboxylic acids is 2. The summed E-state index contributed by atoms with van der Waals surface area (Å²) in [5, 5.41) is 0. The first-order valence-electron chi connectivity index (χ1n) is 6.58. The predicted molar refractivity (Wildman–Crippen MR) is 76.5 cm³/mol. The van der Waals surface area contributed by atoms with E-state index in [-0.39, 0.29) is 28.4 Å². The first-order chi connectivity index (χ1) is 9.37. The molecule has 2 nitrogen and oxygen atoms in total. The van der Waals surface area contributed by atoms with Gasteiger partial charge in [-0.15, -0.1) is 0 Å². The second-order valence-electron chi connectivity index (χ2n) is 5.86. The fourth-order valence-corrected chi connectivity index (χ4v) is 2.29. The summed E-state index contributed by atoms with van der Waals surface area (Å²) in [5.41, 5.74) is 0.841. The zero-order chi connectivity index (χ0) is 14.8. The van der Waals surface area contributed by atoms with E-state index in [0.717, 1.165) is 5.56 Å². The molecule has 0 radical (unpaired) electrons. The SMILES string of the molecule is CC1(C)CC(=O)C(=C/C=C/c2ccc(F)cc2)C(=O)C1. The Bertz CT molecular complexity index is 570. The largest absolute Gasteiger partial charge is 0.294 e. The normalized spacial score (nSPS) is 18.6. The second kappa shape index (κ2) is 5.53. The van der Waals surface area contributed by atoms with E-state index in [1.165, 1.54) is 12.1 Å². The van der Waals surface area contributed by atoms with E-state index < -0.39 is 0 Å². The molecule has 1 fully saturated rings. The fourth-order valence-electron chi connectivity index (χ4n) is 2.29. The van der Waals surface area contributed by atoms with Crippen molar-refractivity contribution in [1.29, 1.82) is 0 Å². The maximum absolute atomic E-state index is 12.7. The zero-order valence-electron chi connectivity index (χ0n) is 11.7. The molecule has 3 heteroatoms. The van der Waals surface area contributed by atoms with Gasteiger partial charge < -0.3 is 0 Å². The number of halogens is 1. The fraction of sp³-hybridized carbons (Fsp3) is 0.294. The molecular weight excluding hydrogens is 255 g/mol. The molecule has 104 valence electrons. The van der Waals surface area contributed by atoms with Gasteiger partial charge in [0.25, 0.3) is 0 Å². The number of allylic oxidation sites excluding steroid dienone is 3. The number of benzene rings is 1. The standard InChI is InChI=1S/C17H17FO2/c1-17(2)10-15(19)14(16(20)11-17)5-3-4-12-6-8-13(18)9-7-12/h3-9H,10-11H2,1-2H3/b4-3+. The van der Waals surface area contributed by atoms with Gasteiger partial charge in [-0.2, -0.15) is 0 Å². The lowest BCUT2D eigenvalue weighted by Gasteiger charge is -2.28. The Hall–Kier alpha value is -2.03. The highest BCUT2D eigenvalue weighted by molar-refractivity contribution is 6.22. The molecule has 0 bridgehead atoms. The topological polar surface area (TPSA) is 34.1 Å². The number of hydrogen-bond acceptors (Lipinski definition) is 2. The van der Waals surface area contributed by atoms with Crippen LogP contribution >= 0.6 is 0 Å². The molecule has 0 atom stereocenters. The molecule has 0 saturated heterocycles. The van der Waals surface area contributed by atoms with Crippen molar-refractivity contribution < 1.29 is 14.0 Å². The van der Waals surface area contributed by atoms with Crippen LogP contribution in [0.4, 0.5) is 4.39 Å². The maximum Gasteiger partial charge on any atom is 0.166 e. The summed E-state index contributed by atoms with van der Waals surface area (Å²) in [4.78, 5) is 23.9. The number of ketones is 2. The Balaban J connectivity index is 2.13. The molecule has 0 N–H and O–H groups in total. The van der Waals surface area contributed by atoms with Crippen molar-refractivity contribution in [3.8, 4) is 0 Å². The van der Waals surface area contributed by atoms with Crippen LogP contribution in [0, 0.1) is 11.2 Å². The highest BCUT2D eigenvalue weighted by Crippen LogP contribution is 2.33. The lowest BCUT2D eigenvalue weighted by atomic mass is 9.74. The summed E-state index contributed by atoms with van der Waals surface area (Å²) in [7, 11) is 0. The van der Waals surface area contributed by atoms with Gasteiger partial charge in [0.2, 0.25) is 0 Å². The molecule has 0 spiro atoms. The summed E-state index contributed by atoms with van der Waals surface area (Å²) >= 11 is 0. The third-order valence-electron chi connectivity index (χ3n) is 3.30. The van der Waals surface area contributed by atoms with E-state index in [1.54, 1.807) is 30.4 Å². The average molecular weight is 272 g/mol. The summed E-state index contributed by atoms with van der Waals surface area (Å²) in [6, 6.07) is 6.01. The smallest absolute Gasteiger partial charge is 0.166 e. The third-order valence-corrected chi connectivity index (χ3v) is 3.30. The molecule has 0 unspecified atom stereocenters. The maximum atomic E-state index is 12.7. The Kier molecular flexibility index (Phi) is 3.98. The van der Waals surface area contributed by atoms with Crippen LogP contribution in [0.1, 0.15) is 32.3 Å². The van der Waals surface area contributed by atoms with Crippen molar-refractivity contribution in [2.45, 2.75) is 26.7 Å². The molecule has 0 aliphatic heterocycles. The van der Waals surface area contributed by atoms with Gasteiger partial charge in [-0.3, -0.25) is 9.59 Å². The van der Waals surface area contributed by atoms with Crippen LogP contribution in [0.5, 0.6) is 0 Å². The van der Waals surface area contributed by atoms with Gasteiger partial charge in [-0.05, 0) is 29.2 Å². The minimum Gasteiger partial charge on any atom is -0.294 e. The van der Waals surface area contributed by atoms with E-state index in [2.05, 4.69) is 0 Å². The molecule has 0 aromatic heterocycles. The first-order valence-corrected chi connectivity index (χ1v) is 6.58. The quantitative estimate of drug-likeness (QED) is 0.607. The Labute approximate surface area is 118 Å². The first kappa shape index (κ1) is 14.4. The number of Topliss-reactive ketones (excluding diaryl/α,β-unsaturated/α-hetero) is 2. The minimum absolute atomic E-state index is 0.102. The molecule has 0 amide bonds. The number of rotatable bonds is 2.